The van der Waals surface area contributed by atoms with Crippen molar-refractivity contribution in [2.24, 2.45) is 0 Å². The van der Waals surface area contributed by atoms with Crippen LogP contribution in [0.4, 0.5) is 0 Å². The lowest BCUT2D eigenvalue weighted by atomic mass is 10.1. The molecule has 0 spiro atoms. The van der Waals surface area contributed by atoms with Gasteiger partial charge in [-0.1, -0.05) is 30.3 Å². The normalized spacial score (nSPS) is 12.8. The SMILES string of the molecule is OCC(Cc1ccccc1)OO. The number of benzene rings is 1. The highest BCUT2D eigenvalue weighted by atomic mass is 17.1. The van der Waals surface area contributed by atoms with Gasteiger partial charge in [-0.3, -0.25) is 5.26 Å². The van der Waals surface area contributed by atoms with E-state index in [2.05, 4.69) is 4.89 Å². The number of aliphatic hydroxyl groups excluding tert-OH is 1. The highest BCUT2D eigenvalue weighted by Crippen LogP contribution is 2.04. The van der Waals surface area contributed by atoms with E-state index in [1.54, 1.807) is 0 Å². The lowest BCUT2D eigenvalue weighted by molar-refractivity contribution is -0.284. The van der Waals surface area contributed by atoms with Crippen LogP contribution < -0.4 is 0 Å². The Morgan fingerprint density at radius 3 is 2.42 bits per heavy atom. The van der Waals surface area contributed by atoms with Crippen LogP contribution in [0, 0.1) is 0 Å². The maximum Gasteiger partial charge on any atom is 0.120 e. The third-order valence-electron chi connectivity index (χ3n) is 1.66. The lowest BCUT2D eigenvalue weighted by Gasteiger charge is -2.09. The molecule has 0 aliphatic rings. The van der Waals surface area contributed by atoms with Crippen molar-refractivity contribution >= 4 is 0 Å². The fourth-order valence-electron chi connectivity index (χ4n) is 1.01. The third kappa shape index (κ3) is 2.62. The molecule has 66 valence electrons. The Labute approximate surface area is 71.2 Å². The number of hydrogen-bond donors (Lipinski definition) is 2. The van der Waals surface area contributed by atoms with Crippen molar-refractivity contribution in [2.75, 3.05) is 6.61 Å². The molecule has 0 aliphatic carbocycles. The molecule has 0 saturated carbocycles. The standard InChI is InChI=1S/C9H12O3/c10-7-9(12-11)6-8-4-2-1-3-5-8/h1-5,9-11H,6-7H2. The Hall–Kier alpha value is -0.900. The maximum absolute atomic E-state index is 8.70. The molecular formula is C9H12O3. The van der Waals surface area contributed by atoms with E-state index in [-0.39, 0.29) is 6.61 Å². The van der Waals surface area contributed by atoms with Gasteiger partial charge in [-0.25, -0.2) is 4.89 Å². The number of hydrogen-bond acceptors (Lipinski definition) is 3. The van der Waals surface area contributed by atoms with Gasteiger partial charge in [0.1, 0.15) is 6.10 Å². The molecular weight excluding hydrogens is 156 g/mol. The molecule has 1 aromatic rings. The first kappa shape index (κ1) is 9.19. The average molecular weight is 168 g/mol. The van der Waals surface area contributed by atoms with Crippen molar-refractivity contribution in [2.45, 2.75) is 12.5 Å². The minimum absolute atomic E-state index is 0.175. The van der Waals surface area contributed by atoms with Crippen LogP contribution in [-0.2, 0) is 11.3 Å². The van der Waals surface area contributed by atoms with E-state index in [0.717, 1.165) is 5.56 Å². The Balaban J connectivity index is 2.51. The van der Waals surface area contributed by atoms with Crippen LogP contribution in [0.1, 0.15) is 5.56 Å². The summed E-state index contributed by atoms with van der Waals surface area (Å²) in [6.07, 6.45) is 0.000741. The monoisotopic (exact) mass is 168 g/mol. The van der Waals surface area contributed by atoms with Crippen LogP contribution in [0.25, 0.3) is 0 Å². The predicted molar refractivity (Wildman–Crippen MR) is 44.7 cm³/mol. The largest absolute Gasteiger partial charge is 0.394 e. The average Bonchev–Trinajstić information content (AvgIpc) is 2.16. The molecule has 0 amide bonds. The molecule has 12 heavy (non-hydrogen) atoms. The molecule has 1 atom stereocenters. The molecule has 0 bridgehead atoms. The van der Waals surface area contributed by atoms with E-state index in [1.165, 1.54) is 0 Å². The first-order valence-corrected chi connectivity index (χ1v) is 3.82. The topological polar surface area (TPSA) is 49.7 Å². The summed E-state index contributed by atoms with van der Waals surface area (Å²) >= 11 is 0. The van der Waals surface area contributed by atoms with Gasteiger partial charge in [-0.2, -0.15) is 0 Å². The molecule has 0 saturated heterocycles. The first-order valence-electron chi connectivity index (χ1n) is 3.82. The maximum atomic E-state index is 8.70. The summed E-state index contributed by atoms with van der Waals surface area (Å²) in [6, 6.07) is 9.56. The molecule has 2 N–H and O–H groups in total. The predicted octanol–water partition coefficient (Wildman–Crippen LogP) is 1.08. The molecule has 3 heteroatoms. The van der Waals surface area contributed by atoms with Gasteiger partial charge in [0.15, 0.2) is 0 Å². The van der Waals surface area contributed by atoms with E-state index in [4.69, 9.17) is 10.4 Å². The first-order chi connectivity index (χ1) is 5.86. The third-order valence-corrected chi connectivity index (χ3v) is 1.66. The van der Waals surface area contributed by atoms with Gasteiger partial charge in [-0.05, 0) is 5.56 Å². The van der Waals surface area contributed by atoms with Crippen molar-refractivity contribution in [3.05, 3.63) is 35.9 Å². The summed E-state index contributed by atoms with van der Waals surface area (Å²) < 4.78 is 0. The Morgan fingerprint density at radius 1 is 1.25 bits per heavy atom. The fourth-order valence-corrected chi connectivity index (χ4v) is 1.01. The zero-order valence-electron chi connectivity index (χ0n) is 6.68. The fraction of sp³-hybridized carbons (Fsp3) is 0.333. The molecule has 1 aromatic carbocycles. The second kappa shape index (κ2) is 4.87. The van der Waals surface area contributed by atoms with Crippen LogP contribution >= 0.6 is 0 Å². The molecule has 0 heterocycles. The smallest absolute Gasteiger partial charge is 0.120 e. The van der Waals surface area contributed by atoms with Crippen molar-refractivity contribution in [3.8, 4) is 0 Å². The Bertz CT molecular complexity index is 206. The van der Waals surface area contributed by atoms with Gasteiger partial charge in [0.25, 0.3) is 0 Å². The van der Waals surface area contributed by atoms with E-state index in [0.29, 0.717) is 6.42 Å². The molecule has 3 nitrogen and oxygen atoms in total. The lowest BCUT2D eigenvalue weighted by Crippen LogP contribution is -2.18. The van der Waals surface area contributed by atoms with Crippen LogP contribution in [0.5, 0.6) is 0 Å². The minimum Gasteiger partial charge on any atom is -0.394 e. The molecule has 0 radical (unpaired) electrons. The molecule has 0 fully saturated rings. The summed E-state index contributed by atoms with van der Waals surface area (Å²) in [5.74, 6) is 0. The highest BCUT2D eigenvalue weighted by Gasteiger charge is 2.07. The summed E-state index contributed by atoms with van der Waals surface area (Å²) in [5.41, 5.74) is 1.03. The summed E-state index contributed by atoms with van der Waals surface area (Å²) in [6.45, 7) is -0.175. The van der Waals surface area contributed by atoms with Crippen molar-refractivity contribution in [1.29, 1.82) is 0 Å². The van der Waals surface area contributed by atoms with E-state index in [1.807, 2.05) is 30.3 Å². The number of aliphatic hydroxyl groups is 1. The van der Waals surface area contributed by atoms with Crippen LogP contribution in [-0.4, -0.2) is 23.1 Å². The second-order valence-electron chi connectivity index (χ2n) is 2.60. The second-order valence-corrected chi connectivity index (χ2v) is 2.60. The minimum atomic E-state index is -0.521. The van der Waals surface area contributed by atoms with Crippen molar-refractivity contribution in [3.63, 3.8) is 0 Å². The molecule has 1 rings (SSSR count). The van der Waals surface area contributed by atoms with Gasteiger partial charge in [-0.15, -0.1) is 0 Å². The van der Waals surface area contributed by atoms with E-state index in [9.17, 15) is 0 Å². The van der Waals surface area contributed by atoms with E-state index >= 15 is 0 Å². The van der Waals surface area contributed by atoms with Crippen molar-refractivity contribution < 1.29 is 15.3 Å². The van der Waals surface area contributed by atoms with Gasteiger partial charge >= 0.3 is 0 Å². The Kier molecular flexibility index (Phi) is 3.73. The van der Waals surface area contributed by atoms with Crippen LogP contribution in [0.15, 0.2) is 30.3 Å². The zero-order chi connectivity index (χ0) is 8.81. The van der Waals surface area contributed by atoms with Crippen LogP contribution in [0.2, 0.25) is 0 Å². The van der Waals surface area contributed by atoms with Gasteiger partial charge in [0.05, 0.1) is 6.61 Å². The summed E-state index contributed by atoms with van der Waals surface area (Å²) in [5, 5.41) is 17.0. The molecule has 1 unspecified atom stereocenters. The zero-order valence-corrected chi connectivity index (χ0v) is 6.68. The van der Waals surface area contributed by atoms with E-state index < -0.39 is 6.10 Å². The number of rotatable bonds is 4. The quantitative estimate of drug-likeness (QED) is 0.522. The van der Waals surface area contributed by atoms with Gasteiger partial charge < -0.3 is 5.11 Å². The summed E-state index contributed by atoms with van der Waals surface area (Å²) in [4.78, 5) is 4.05. The molecule has 0 aromatic heterocycles. The van der Waals surface area contributed by atoms with Crippen LogP contribution in [0.3, 0.4) is 0 Å². The van der Waals surface area contributed by atoms with Gasteiger partial charge in [0.2, 0.25) is 0 Å². The highest BCUT2D eigenvalue weighted by molar-refractivity contribution is 5.15. The summed E-state index contributed by atoms with van der Waals surface area (Å²) in [7, 11) is 0. The van der Waals surface area contributed by atoms with Crippen molar-refractivity contribution in [1.82, 2.24) is 0 Å². The van der Waals surface area contributed by atoms with Gasteiger partial charge in [0, 0.05) is 6.42 Å². The molecule has 0 aliphatic heterocycles. The Morgan fingerprint density at radius 2 is 1.92 bits per heavy atom.